The van der Waals surface area contributed by atoms with Gasteiger partial charge in [-0.05, 0) is 8.62 Å². The SMILES string of the molecule is COP1(=O)OP(=O)(O)OP(=O)(OC)OP(=O)(OC)O[P+](O)(OC)OP(=O)(OC)O1. The lowest BCUT2D eigenvalue weighted by atomic mass is 11.8. The monoisotopic (exact) mass is 551 g/mol. The molecule has 0 bridgehead atoms. The van der Waals surface area contributed by atoms with Crippen LogP contribution in [0.3, 0.4) is 0 Å². The Morgan fingerprint density at radius 3 is 1.17 bits per heavy atom. The summed E-state index contributed by atoms with van der Waals surface area (Å²) in [5.41, 5.74) is 0. The predicted octanol–water partition coefficient (Wildman–Crippen LogP) is 3.53. The van der Waals surface area contributed by atoms with Crippen LogP contribution in [0.4, 0.5) is 0 Å². The summed E-state index contributed by atoms with van der Waals surface area (Å²) in [5.74, 6) is 0. The predicted molar refractivity (Wildman–Crippen MR) is 90.9 cm³/mol. The topological polar surface area (TPSA) is 227 Å². The molecule has 29 heavy (non-hydrogen) atoms. The first-order valence-corrected chi connectivity index (χ1v) is 15.3. The smallest absolute Gasteiger partial charge is 0.302 e. The van der Waals surface area contributed by atoms with Crippen molar-refractivity contribution in [2.75, 3.05) is 35.5 Å². The molecule has 2 N–H and O–H groups in total. The van der Waals surface area contributed by atoms with Crippen molar-refractivity contribution in [1.82, 2.24) is 0 Å². The Morgan fingerprint density at radius 1 is 0.621 bits per heavy atom. The summed E-state index contributed by atoms with van der Waals surface area (Å²) in [6, 6.07) is 0. The summed E-state index contributed by atoms with van der Waals surface area (Å²) in [6.07, 6.45) is 0. The van der Waals surface area contributed by atoms with E-state index in [1.54, 1.807) is 0 Å². The highest BCUT2D eigenvalue weighted by Gasteiger charge is 2.64. The zero-order valence-corrected chi connectivity index (χ0v) is 20.5. The van der Waals surface area contributed by atoms with Crippen molar-refractivity contribution in [3.63, 3.8) is 0 Å². The molecule has 1 fully saturated rings. The lowest BCUT2D eigenvalue weighted by molar-refractivity contribution is 0.125. The largest absolute Gasteiger partial charge is 0.593 e. The third-order valence-corrected chi connectivity index (χ3v) is 14.3. The van der Waals surface area contributed by atoms with Gasteiger partial charge in [0.05, 0.1) is 7.11 Å². The highest BCUT2D eigenvalue weighted by Crippen LogP contribution is 2.84. The fourth-order valence-corrected chi connectivity index (χ4v) is 12.2. The van der Waals surface area contributed by atoms with E-state index < -0.39 is 47.3 Å². The maximum Gasteiger partial charge on any atom is 0.593 e. The van der Waals surface area contributed by atoms with Gasteiger partial charge in [0.15, 0.2) is 0 Å². The fraction of sp³-hybridized carbons (Fsp3) is 1.00. The minimum absolute atomic E-state index is 0.604. The van der Waals surface area contributed by atoms with E-state index in [9.17, 15) is 32.6 Å². The lowest BCUT2D eigenvalue weighted by Crippen LogP contribution is -2.09. The molecule has 18 nitrogen and oxygen atoms in total. The fourth-order valence-electron chi connectivity index (χ4n) is 1.17. The molecule has 24 heteroatoms. The summed E-state index contributed by atoms with van der Waals surface area (Å²) < 4.78 is 109. The number of hydrogen-bond acceptors (Lipinski definition) is 17. The molecule has 1 heterocycles. The standard InChI is InChI=1S/C5H16O18P6/c1-13-25(8)18-24(6,7)19-26(9,14-2)21-28(11,16-4)23-29(12,17-5)22-27(10,15-3)20-25/h12H,1-5H3/p+1. The second-order valence-corrected chi connectivity index (χ2v) is 15.3. The van der Waals surface area contributed by atoms with Gasteiger partial charge in [0.1, 0.15) is 0 Å². The van der Waals surface area contributed by atoms with Crippen LogP contribution in [-0.2, 0) is 71.3 Å². The van der Waals surface area contributed by atoms with Gasteiger partial charge >= 0.3 is 47.3 Å². The molecule has 174 valence electrons. The number of rotatable bonds is 5. The highest BCUT2D eigenvalue weighted by molar-refractivity contribution is 7.77. The average molecular weight is 551 g/mol. The van der Waals surface area contributed by atoms with Crippen molar-refractivity contribution in [3.8, 4) is 0 Å². The van der Waals surface area contributed by atoms with Gasteiger partial charge in [-0.3, -0.25) is 18.1 Å². The Balaban J connectivity index is 3.64. The Hall–Kier alpha value is 1.06. The van der Waals surface area contributed by atoms with Gasteiger partial charge in [0, 0.05) is 28.4 Å². The van der Waals surface area contributed by atoms with Gasteiger partial charge in [-0.25, -0.2) is 22.8 Å². The maximum absolute atomic E-state index is 12.5. The zero-order valence-electron chi connectivity index (χ0n) is 15.1. The molecular formula is C5H17O18P6+. The second-order valence-electron chi connectivity index (χ2n) is 4.13. The van der Waals surface area contributed by atoms with E-state index in [2.05, 4.69) is 48.5 Å². The van der Waals surface area contributed by atoms with E-state index >= 15 is 0 Å². The van der Waals surface area contributed by atoms with Crippen LogP contribution in [0.5, 0.6) is 0 Å². The van der Waals surface area contributed by atoms with Crippen molar-refractivity contribution < 1.29 is 81.1 Å². The summed E-state index contributed by atoms with van der Waals surface area (Å²) in [4.78, 5) is 19.9. The summed E-state index contributed by atoms with van der Waals surface area (Å²) in [5, 5.41) is 0. The van der Waals surface area contributed by atoms with Crippen molar-refractivity contribution in [3.05, 3.63) is 0 Å². The Labute approximate surface area is 164 Å². The molecule has 0 spiro atoms. The first-order chi connectivity index (χ1) is 13.0. The van der Waals surface area contributed by atoms with E-state index in [4.69, 9.17) is 0 Å². The molecule has 0 aromatic rings. The number of hydrogen-bond donors (Lipinski definition) is 2. The van der Waals surface area contributed by atoms with Crippen LogP contribution in [0.15, 0.2) is 0 Å². The molecule has 0 aliphatic carbocycles. The van der Waals surface area contributed by atoms with Crippen LogP contribution in [0.25, 0.3) is 0 Å². The Bertz CT molecular complexity index is 762. The average Bonchev–Trinajstić information content (AvgIpc) is 2.59. The second kappa shape index (κ2) is 9.91. The third-order valence-electron chi connectivity index (χ3n) is 2.34. The molecule has 1 aliphatic rings. The summed E-state index contributed by atoms with van der Waals surface area (Å²) in [7, 11) is -28.9. The van der Waals surface area contributed by atoms with Crippen LogP contribution in [0.2, 0.25) is 0 Å². The van der Waals surface area contributed by atoms with Crippen LogP contribution >= 0.6 is 47.3 Å². The van der Waals surface area contributed by atoms with E-state index in [0.29, 0.717) is 35.5 Å². The van der Waals surface area contributed by atoms with Crippen molar-refractivity contribution in [2.24, 2.45) is 0 Å². The zero-order chi connectivity index (χ0) is 22.8. The van der Waals surface area contributed by atoms with Crippen molar-refractivity contribution >= 4 is 47.3 Å². The lowest BCUT2D eigenvalue weighted by Gasteiger charge is -2.26. The quantitative estimate of drug-likeness (QED) is 0.466. The van der Waals surface area contributed by atoms with Crippen molar-refractivity contribution in [2.45, 2.75) is 0 Å². The Kier molecular flexibility index (Phi) is 9.60. The molecule has 0 aromatic heterocycles. The van der Waals surface area contributed by atoms with Gasteiger partial charge in [0.25, 0.3) is 0 Å². The third kappa shape index (κ3) is 7.85. The molecule has 0 radical (unpaired) electrons. The first-order valence-electron chi connectivity index (χ1n) is 6.46. The van der Waals surface area contributed by atoms with E-state index in [0.717, 1.165) is 0 Å². The molecule has 4 atom stereocenters. The Morgan fingerprint density at radius 2 is 0.931 bits per heavy atom. The molecule has 0 saturated carbocycles. The summed E-state index contributed by atoms with van der Waals surface area (Å²) >= 11 is 0. The molecular weight excluding hydrogens is 534 g/mol. The van der Waals surface area contributed by atoms with Gasteiger partial charge in [-0.1, -0.05) is 0 Å². The van der Waals surface area contributed by atoms with Gasteiger partial charge < -0.3 is 4.89 Å². The van der Waals surface area contributed by atoms with Crippen LogP contribution in [-0.4, -0.2) is 45.3 Å². The van der Waals surface area contributed by atoms with Crippen molar-refractivity contribution in [1.29, 1.82) is 0 Å². The number of phosphoric acid groups is 5. The van der Waals surface area contributed by atoms with E-state index in [-0.39, 0.29) is 0 Å². The molecule has 0 aromatic carbocycles. The van der Waals surface area contributed by atoms with Gasteiger partial charge in [-0.2, -0.15) is 26.7 Å². The van der Waals surface area contributed by atoms with Gasteiger partial charge in [0.2, 0.25) is 0 Å². The molecule has 1 saturated heterocycles. The molecule has 1 rings (SSSR count). The minimum Gasteiger partial charge on any atom is -0.302 e. The van der Waals surface area contributed by atoms with E-state index in [1.807, 2.05) is 0 Å². The van der Waals surface area contributed by atoms with Crippen LogP contribution in [0, 0.1) is 0 Å². The molecule has 0 amide bonds. The molecule has 1 aliphatic heterocycles. The van der Waals surface area contributed by atoms with Gasteiger partial charge in [-0.15, -0.1) is 0 Å². The van der Waals surface area contributed by atoms with Crippen LogP contribution < -0.4 is 0 Å². The highest BCUT2D eigenvalue weighted by atomic mass is 31.3. The van der Waals surface area contributed by atoms with Crippen LogP contribution in [0.1, 0.15) is 0 Å². The maximum atomic E-state index is 12.5. The normalized spacial score (nSPS) is 47.8. The first kappa shape index (κ1) is 28.1. The summed E-state index contributed by atoms with van der Waals surface area (Å²) in [6.45, 7) is 0. The van der Waals surface area contributed by atoms with E-state index in [1.165, 1.54) is 0 Å². The minimum atomic E-state index is -5.76. The molecule has 4 unspecified atom stereocenters.